The van der Waals surface area contributed by atoms with Crippen molar-refractivity contribution in [2.75, 3.05) is 13.1 Å². The van der Waals surface area contributed by atoms with E-state index in [2.05, 4.69) is 28.1 Å². The molecule has 4 nitrogen and oxygen atoms in total. The maximum Gasteiger partial charge on any atom is 0.306 e. The normalized spacial score (nSPS) is 25.7. The van der Waals surface area contributed by atoms with E-state index in [-0.39, 0.29) is 17.7 Å². The third kappa shape index (κ3) is 3.12. The first-order valence-electron chi connectivity index (χ1n) is 7.33. The Morgan fingerprint density at radius 3 is 2.57 bits per heavy atom. The van der Waals surface area contributed by atoms with Crippen LogP contribution in [0.4, 0.5) is 0 Å². The molecule has 1 amide bonds. The van der Waals surface area contributed by atoms with Crippen LogP contribution in [0.2, 0.25) is 0 Å². The summed E-state index contributed by atoms with van der Waals surface area (Å²) in [5, 5.41) is 8.99. The summed E-state index contributed by atoms with van der Waals surface area (Å²) in [6.45, 7) is 1.16. The molecule has 1 N–H and O–H groups in total. The predicted octanol–water partition coefficient (Wildman–Crippen LogP) is 2.88. The largest absolute Gasteiger partial charge is 0.481 e. The van der Waals surface area contributed by atoms with Crippen molar-refractivity contribution >= 4 is 27.8 Å². The molecule has 0 aromatic heterocycles. The highest BCUT2D eigenvalue weighted by Crippen LogP contribution is 2.49. The van der Waals surface area contributed by atoms with Crippen molar-refractivity contribution in [2.45, 2.75) is 25.2 Å². The summed E-state index contributed by atoms with van der Waals surface area (Å²) in [6.07, 6.45) is 2.07. The lowest BCUT2D eigenvalue weighted by atomic mass is 9.96. The van der Waals surface area contributed by atoms with Gasteiger partial charge in [0.05, 0.1) is 5.92 Å². The highest BCUT2D eigenvalue weighted by Gasteiger charge is 2.46. The molecule has 0 bridgehead atoms. The molecule has 1 aliphatic heterocycles. The van der Waals surface area contributed by atoms with Crippen LogP contribution in [-0.4, -0.2) is 35.0 Å². The first kappa shape index (κ1) is 14.6. The molecule has 1 heterocycles. The van der Waals surface area contributed by atoms with Gasteiger partial charge in [0.1, 0.15) is 0 Å². The molecule has 5 heteroatoms. The van der Waals surface area contributed by atoms with Gasteiger partial charge in [-0.2, -0.15) is 0 Å². The summed E-state index contributed by atoms with van der Waals surface area (Å²) in [7, 11) is 0. The summed E-state index contributed by atoms with van der Waals surface area (Å²) in [4.78, 5) is 25.3. The number of carboxylic acids is 1. The van der Waals surface area contributed by atoms with Gasteiger partial charge in [0.2, 0.25) is 5.91 Å². The molecule has 21 heavy (non-hydrogen) atoms. The second-order valence-electron chi connectivity index (χ2n) is 5.94. The molecular weight excluding hydrogens is 334 g/mol. The van der Waals surface area contributed by atoms with Gasteiger partial charge >= 0.3 is 5.97 Å². The van der Waals surface area contributed by atoms with Crippen LogP contribution in [0.3, 0.4) is 0 Å². The van der Waals surface area contributed by atoms with Gasteiger partial charge in [-0.05, 0) is 42.9 Å². The predicted molar refractivity (Wildman–Crippen MR) is 81.9 cm³/mol. The monoisotopic (exact) mass is 351 g/mol. The van der Waals surface area contributed by atoms with Gasteiger partial charge in [-0.25, -0.2) is 0 Å². The number of halogens is 1. The number of benzene rings is 1. The standard InChI is InChI=1S/C16H18BrNO3/c17-12-3-1-2-11(8-12)13-9-14(13)15(19)18-6-4-10(5-7-18)16(20)21/h1-3,8,10,13-14H,4-7,9H2,(H,20,21)/t13-,14-/m0/s1. The van der Waals surface area contributed by atoms with Crippen molar-refractivity contribution in [1.29, 1.82) is 0 Å². The number of hydrogen-bond donors (Lipinski definition) is 1. The SMILES string of the molecule is O=C(O)C1CCN(C(=O)[C@H]2C[C@H]2c2cccc(Br)c2)CC1. The fourth-order valence-electron chi connectivity index (χ4n) is 3.15. The Morgan fingerprint density at radius 2 is 1.95 bits per heavy atom. The molecule has 2 aliphatic rings. The van der Waals surface area contributed by atoms with Gasteiger partial charge < -0.3 is 10.0 Å². The lowest BCUT2D eigenvalue weighted by Gasteiger charge is -2.30. The van der Waals surface area contributed by atoms with E-state index < -0.39 is 5.97 Å². The number of aliphatic carboxylic acids is 1. The summed E-state index contributed by atoms with van der Waals surface area (Å²) in [6, 6.07) is 8.13. The third-order valence-corrected chi connectivity index (χ3v) is 5.03. The summed E-state index contributed by atoms with van der Waals surface area (Å²) >= 11 is 3.46. The van der Waals surface area contributed by atoms with Crippen LogP contribution in [0.25, 0.3) is 0 Å². The van der Waals surface area contributed by atoms with Crippen LogP contribution >= 0.6 is 15.9 Å². The number of carbonyl (C=O) groups excluding carboxylic acids is 1. The van der Waals surface area contributed by atoms with Crippen LogP contribution in [0, 0.1) is 11.8 Å². The van der Waals surface area contributed by atoms with Gasteiger partial charge in [0.25, 0.3) is 0 Å². The van der Waals surface area contributed by atoms with E-state index in [0.29, 0.717) is 31.8 Å². The van der Waals surface area contributed by atoms with Gasteiger partial charge in [0, 0.05) is 23.5 Å². The second-order valence-corrected chi connectivity index (χ2v) is 6.86. The second kappa shape index (κ2) is 5.79. The Bertz CT molecular complexity index is 566. The van der Waals surface area contributed by atoms with Gasteiger partial charge in [-0.1, -0.05) is 28.1 Å². The van der Waals surface area contributed by atoms with Crippen LogP contribution in [0.5, 0.6) is 0 Å². The molecule has 1 saturated carbocycles. The number of hydrogen-bond acceptors (Lipinski definition) is 2. The molecule has 1 saturated heterocycles. The molecule has 2 fully saturated rings. The van der Waals surface area contributed by atoms with Crippen molar-refractivity contribution in [1.82, 2.24) is 4.90 Å². The molecule has 1 aliphatic carbocycles. The highest BCUT2D eigenvalue weighted by atomic mass is 79.9. The number of carboxylic acid groups (broad SMARTS) is 1. The minimum Gasteiger partial charge on any atom is -0.481 e. The Labute approximate surface area is 132 Å². The zero-order valence-corrected chi connectivity index (χ0v) is 13.3. The van der Waals surface area contributed by atoms with Crippen molar-refractivity contribution in [3.05, 3.63) is 34.3 Å². The zero-order chi connectivity index (χ0) is 15.0. The number of carbonyl (C=O) groups is 2. The molecule has 0 spiro atoms. The maximum atomic E-state index is 12.5. The minimum atomic E-state index is -0.736. The van der Waals surface area contributed by atoms with Crippen molar-refractivity contribution < 1.29 is 14.7 Å². The van der Waals surface area contributed by atoms with E-state index in [1.54, 1.807) is 0 Å². The van der Waals surface area contributed by atoms with E-state index in [1.807, 2.05) is 17.0 Å². The maximum absolute atomic E-state index is 12.5. The first-order valence-corrected chi connectivity index (χ1v) is 8.12. The van der Waals surface area contributed by atoms with Crippen LogP contribution in [0.15, 0.2) is 28.7 Å². The number of piperidine rings is 1. The Balaban J connectivity index is 1.57. The average molecular weight is 352 g/mol. The fourth-order valence-corrected chi connectivity index (χ4v) is 3.57. The lowest BCUT2D eigenvalue weighted by molar-refractivity contribution is -0.146. The van der Waals surface area contributed by atoms with E-state index in [4.69, 9.17) is 5.11 Å². The van der Waals surface area contributed by atoms with Gasteiger partial charge in [-0.15, -0.1) is 0 Å². The Hall–Kier alpha value is -1.36. The fraction of sp³-hybridized carbons (Fsp3) is 0.500. The molecule has 3 rings (SSSR count). The summed E-state index contributed by atoms with van der Waals surface area (Å²) in [5.41, 5.74) is 1.21. The molecule has 0 radical (unpaired) electrons. The third-order valence-electron chi connectivity index (χ3n) is 4.54. The number of rotatable bonds is 3. The van der Waals surface area contributed by atoms with Crippen molar-refractivity contribution in [3.63, 3.8) is 0 Å². The van der Waals surface area contributed by atoms with E-state index in [0.717, 1.165) is 10.9 Å². The summed E-state index contributed by atoms with van der Waals surface area (Å²) < 4.78 is 1.04. The van der Waals surface area contributed by atoms with Crippen LogP contribution in [0.1, 0.15) is 30.7 Å². The average Bonchev–Trinajstić information content (AvgIpc) is 3.27. The molecular formula is C16H18BrNO3. The molecule has 1 aromatic rings. The minimum absolute atomic E-state index is 0.0840. The first-order chi connectivity index (χ1) is 10.1. The summed E-state index contributed by atoms with van der Waals surface area (Å²) in [5.74, 6) is -0.411. The quantitative estimate of drug-likeness (QED) is 0.910. The molecule has 112 valence electrons. The van der Waals surface area contributed by atoms with Gasteiger partial charge in [-0.3, -0.25) is 9.59 Å². The zero-order valence-electron chi connectivity index (χ0n) is 11.7. The molecule has 2 atom stereocenters. The smallest absolute Gasteiger partial charge is 0.306 e. The molecule has 1 aromatic carbocycles. The number of likely N-dealkylation sites (tertiary alicyclic amines) is 1. The molecule has 0 unspecified atom stereocenters. The topological polar surface area (TPSA) is 57.6 Å². The van der Waals surface area contributed by atoms with Crippen molar-refractivity contribution in [2.24, 2.45) is 11.8 Å². The Kier molecular flexibility index (Phi) is 4.02. The van der Waals surface area contributed by atoms with E-state index in [1.165, 1.54) is 5.56 Å². The lowest BCUT2D eigenvalue weighted by Crippen LogP contribution is -2.41. The Morgan fingerprint density at radius 1 is 1.24 bits per heavy atom. The van der Waals surface area contributed by atoms with Crippen LogP contribution in [-0.2, 0) is 9.59 Å². The van der Waals surface area contributed by atoms with Crippen molar-refractivity contribution in [3.8, 4) is 0 Å². The number of amides is 1. The number of nitrogens with zero attached hydrogens (tertiary/aromatic N) is 1. The van der Waals surface area contributed by atoms with E-state index in [9.17, 15) is 9.59 Å². The van der Waals surface area contributed by atoms with Crippen LogP contribution < -0.4 is 0 Å². The highest BCUT2D eigenvalue weighted by molar-refractivity contribution is 9.10. The van der Waals surface area contributed by atoms with E-state index >= 15 is 0 Å². The van der Waals surface area contributed by atoms with Gasteiger partial charge in [0.15, 0.2) is 0 Å².